The molecule has 2 rings (SSSR count). The Balaban J connectivity index is 1.91. The van der Waals surface area contributed by atoms with Crippen LogP contribution in [0.4, 0.5) is 17.1 Å². The molecule has 0 aliphatic rings. The van der Waals surface area contributed by atoms with Gasteiger partial charge in [-0.05, 0) is 30.3 Å². The Morgan fingerprint density at radius 2 is 1.54 bits per heavy atom. The molecule has 2 aromatic rings. The van der Waals surface area contributed by atoms with Crippen molar-refractivity contribution in [1.29, 1.82) is 0 Å². The van der Waals surface area contributed by atoms with Gasteiger partial charge in [-0.15, -0.1) is 0 Å². The maximum absolute atomic E-state index is 12.1. The van der Waals surface area contributed by atoms with Gasteiger partial charge in [0.25, 0.3) is 0 Å². The van der Waals surface area contributed by atoms with E-state index in [9.17, 15) is 9.59 Å². The molecule has 0 fully saturated rings. The first-order chi connectivity index (χ1) is 12.3. The summed E-state index contributed by atoms with van der Waals surface area (Å²) in [6.45, 7) is 5.67. The van der Waals surface area contributed by atoms with Crippen molar-refractivity contribution in [1.82, 2.24) is 0 Å². The van der Waals surface area contributed by atoms with Crippen LogP contribution in [0.15, 0.2) is 48.5 Å². The van der Waals surface area contributed by atoms with Gasteiger partial charge < -0.3 is 20.7 Å². The Labute approximate surface area is 153 Å². The highest BCUT2D eigenvalue weighted by Gasteiger charge is 2.21. The SMILES string of the molecule is COc1cccc(NC(=O)CNc2cccc(NC(=O)C(C)(C)C)c2)c1. The minimum atomic E-state index is -0.472. The van der Waals surface area contributed by atoms with Gasteiger partial charge in [-0.3, -0.25) is 9.59 Å². The van der Waals surface area contributed by atoms with E-state index in [4.69, 9.17) is 4.74 Å². The number of carbonyl (C=O) groups excluding carboxylic acids is 2. The first-order valence-corrected chi connectivity index (χ1v) is 8.37. The Morgan fingerprint density at radius 1 is 0.923 bits per heavy atom. The lowest BCUT2D eigenvalue weighted by molar-refractivity contribution is -0.123. The fraction of sp³-hybridized carbons (Fsp3) is 0.300. The lowest BCUT2D eigenvalue weighted by Crippen LogP contribution is -2.27. The van der Waals surface area contributed by atoms with E-state index in [0.717, 1.165) is 5.69 Å². The highest BCUT2D eigenvalue weighted by molar-refractivity contribution is 5.95. The van der Waals surface area contributed by atoms with Crippen LogP contribution in [0.5, 0.6) is 5.75 Å². The van der Waals surface area contributed by atoms with Crippen LogP contribution in [0.3, 0.4) is 0 Å². The van der Waals surface area contributed by atoms with Crippen molar-refractivity contribution in [2.45, 2.75) is 20.8 Å². The van der Waals surface area contributed by atoms with Crippen molar-refractivity contribution in [3.8, 4) is 5.75 Å². The van der Waals surface area contributed by atoms with Crippen LogP contribution >= 0.6 is 0 Å². The quantitative estimate of drug-likeness (QED) is 0.738. The zero-order chi connectivity index (χ0) is 19.2. The number of carbonyl (C=O) groups is 2. The van der Waals surface area contributed by atoms with Crippen LogP contribution in [0.25, 0.3) is 0 Å². The molecule has 2 amide bonds. The number of benzene rings is 2. The van der Waals surface area contributed by atoms with Gasteiger partial charge in [0.05, 0.1) is 13.7 Å². The van der Waals surface area contributed by atoms with Gasteiger partial charge in [-0.1, -0.05) is 32.9 Å². The molecule has 0 saturated heterocycles. The van der Waals surface area contributed by atoms with Crippen LogP contribution in [-0.2, 0) is 9.59 Å². The summed E-state index contributed by atoms with van der Waals surface area (Å²) in [5, 5.41) is 8.72. The average Bonchev–Trinajstić information content (AvgIpc) is 2.59. The van der Waals surface area contributed by atoms with Gasteiger partial charge in [-0.2, -0.15) is 0 Å². The zero-order valence-electron chi connectivity index (χ0n) is 15.6. The third kappa shape index (κ3) is 5.81. The molecule has 0 saturated carbocycles. The molecule has 0 atom stereocenters. The van der Waals surface area contributed by atoms with E-state index in [2.05, 4.69) is 16.0 Å². The molecule has 0 radical (unpaired) electrons. The first-order valence-electron chi connectivity index (χ1n) is 8.37. The van der Waals surface area contributed by atoms with Gasteiger partial charge in [0.1, 0.15) is 5.75 Å². The van der Waals surface area contributed by atoms with Crippen LogP contribution in [-0.4, -0.2) is 25.5 Å². The summed E-state index contributed by atoms with van der Waals surface area (Å²) in [5.41, 5.74) is 1.63. The molecule has 6 heteroatoms. The molecule has 0 unspecified atom stereocenters. The third-order valence-corrected chi connectivity index (χ3v) is 3.61. The lowest BCUT2D eigenvalue weighted by Gasteiger charge is -2.18. The number of nitrogens with one attached hydrogen (secondary N) is 3. The van der Waals surface area contributed by atoms with Gasteiger partial charge in [0, 0.05) is 28.5 Å². The number of hydrogen-bond acceptors (Lipinski definition) is 4. The van der Waals surface area contributed by atoms with Crippen molar-refractivity contribution in [3.63, 3.8) is 0 Å². The van der Waals surface area contributed by atoms with Gasteiger partial charge >= 0.3 is 0 Å². The van der Waals surface area contributed by atoms with Crippen molar-refractivity contribution in [3.05, 3.63) is 48.5 Å². The summed E-state index contributed by atoms with van der Waals surface area (Å²) in [7, 11) is 1.58. The smallest absolute Gasteiger partial charge is 0.243 e. The van der Waals surface area contributed by atoms with E-state index >= 15 is 0 Å². The van der Waals surface area contributed by atoms with Crippen molar-refractivity contribution in [2.75, 3.05) is 29.6 Å². The minimum Gasteiger partial charge on any atom is -0.497 e. The molecule has 0 aromatic heterocycles. The Kier molecular flexibility index (Phi) is 6.22. The maximum Gasteiger partial charge on any atom is 0.243 e. The average molecular weight is 355 g/mol. The summed E-state index contributed by atoms with van der Waals surface area (Å²) in [6.07, 6.45) is 0. The van der Waals surface area contributed by atoms with E-state index in [1.54, 1.807) is 25.3 Å². The molecule has 26 heavy (non-hydrogen) atoms. The van der Waals surface area contributed by atoms with E-state index < -0.39 is 5.41 Å². The summed E-state index contributed by atoms with van der Waals surface area (Å²) < 4.78 is 5.13. The molecule has 0 aliphatic carbocycles. The Morgan fingerprint density at radius 3 is 2.19 bits per heavy atom. The summed E-state index contributed by atoms with van der Waals surface area (Å²) in [6, 6.07) is 14.4. The van der Waals surface area contributed by atoms with E-state index in [1.807, 2.05) is 51.1 Å². The van der Waals surface area contributed by atoms with Crippen LogP contribution in [0.1, 0.15) is 20.8 Å². The largest absolute Gasteiger partial charge is 0.497 e. The molecule has 0 bridgehead atoms. The molecule has 138 valence electrons. The highest BCUT2D eigenvalue weighted by atomic mass is 16.5. The number of anilines is 3. The molecular weight excluding hydrogens is 330 g/mol. The fourth-order valence-electron chi connectivity index (χ4n) is 2.11. The number of methoxy groups -OCH3 is 1. The molecule has 0 heterocycles. The number of amides is 2. The highest BCUT2D eigenvalue weighted by Crippen LogP contribution is 2.20. The Hall–Kier alpha value is -3.02. The van der Waals surface area contributed by atoms with Crippen molar-refractivity contribution in [2.24, 2.45) is 5.41 Å². The van der Waals surface area contributed by atoms with Crippen molar-refractivity contribution < 1.29 is 14.3 Å². The molecular formula is C20H25N3O3. The second-order valence-electron chi connectivity index (χ2n) is 6.92. The van der Waals surface area contributed by atoms with Gasteiger partial charge in [0.15, 0.2) is 0 Å². The molecule has 6 nitrogen and oxygen atoms in total. The number of rotatable bonds is 6. The summed E-state index contributed by atoms with van der Waals surface area (Å²) in [4.78, 5) is 24.2. The van der Waals surface area contributed by atoms with Crippen LogP contribution < -0.4 is 20.7 Å². The summed E-state index contributed by atoms with van der Waals surface area (Å²) in [5.74, 6) is 0.436. The second kappa shape index (κ2) is 8.38. The number of hydrogen-bond donors (Lipinski definition) is 3. The lowest BCUT2D eigenvalue weighted by atomic mass is 9.95. The topological polar surface area (TPSA) is 79.5 Å². The predicted molar refractivity (Wildman–Crippen MR) is 105 cm³/mol. The van der Waals surface area contributed by atoms with Crippen molar-refractivity contribution >= 4 is 28.9 Å². The minimum absolute atomic E-state index is 0.0644. The monoisotopic (exact) mass is 355 g/mol. The summed E-state index contributed by atoms with van der Waals surface area (Å²) >= 11 is 0. The third-order valence-electron chi connectivity index (χ3n) is 3.61. The van der Waals surface area contributed by atoms with Gasteiger partial charge in [0.2, 0.25) is 11.8 Å². The van der Waals surface area contributed by atoms with Crippen LogP contribution in [0.2, 0.25) is 0 Å². The first kappa shape index (κ1) is 19.3. The van der Waals surface area contributed by atoms with E-state index in [0.29, 0.717) is 17.1 Å². The second-order valence-corrected chi connectivity index (χ2v) is 6.92. The molecule has 0 spiro atoms. The standard InChI is InChI=1S/C20H25N3O3/c1-20(2,3)19(25)23-15-8-5-7-14(11-15)21-13-18(24)22-16-9-6-10-17(12-16)26-4/h5-12,21H,13H2,1-4H3,(H,22,24)(H,23,25). The Bertz CT molecular complexity index is 782. The zero-order valence-corrected chi connectivity index (χ0v) is 15.6. The van der Waals surface area contributed by atoms with E-state index in [-0.39, 0.29) is 18.4 Å². The number of ether oxygens (including phenoxy) is 1. The predicted octanol–water partition coefficient (Wildman–Crippen LogP) is 3.73. The molecule has 3 N–H and O–H groups in total. The molecule has 0 aliphatic heterocycles. The molecule has 2 aromatic carbocycles. The normalized spacial score (nSPS) is 10.8. The van der Waals surface area contributed by atoms with E-state index in [1.165, 1.54) is 0 Å². The maximum atomic E-state index is 12.1. The fourth-order valence-corrected chi connectivity index (χ4v) is 2.11. The van der Waals surface area contributed by atoms with Crippen LogP contribution in [0, 0.1) is 5.41 Å². The van der Waals surface area contributed by atoms with Gasteiger partial charge in [-0.25, -0.2) is 0 Å².